The Morgan fingerprint density at radius 3 is 2.00 bits per heavy atom. The van der Waals surface area contributed by atoms with Crippen molar-refractivity contribution in [1.82, 2.24) is 0 Å². The highest BCUT2D eigenvalue weighted by molar-refractivity contribution is 7.88. The minimum atomic E-state index is -4.81. The first-order chi connectivity index (χ1) is 5.63. The quantitative estimate of drug-likeness (QED) is 0.661. The van der Waals surface area contributed by atoms with Crippen molar-refractivity contribution in [3.63, 3.8) is 0 Å². The van der Waals surface area contributed by atoms with E-state index in [4.69, 9.17) is 9.11 Å². The van der Waals surface area contributed by atoms with Crippen molar-refractivity contribution in [1.29, 1.82) is 0 Å². The van der Waals surface area contributed by atoms with Gasteiger partial charge in [-0.2, -0.15) is 16.8 Å². The second-order valence-electron chi connectivity index (χ2n) is 2.05. The zero-order chi connectivity index (χ0) is 10.7. The molecule has 78 valence electrons. The van der Waals surface area contributed by atoms with Gasteiger partial charge in [-0.1, -0.05) is 6.08 Å². The van der Waals surface area contributed by atoms with Crippen LogP contribution < -0.4 is 0 Å². The molecule has 0 rings (SSSR count). The summed E-state index contributed by atoms with van der Waals surface area (Å²) in [5.74, 6) is 0. The van der Waals surface area contributed by atoms with Gasteiger partial charge in [-0.3, -0.25) is 9.11 Å². The molecule has 0 aliphatic heterocycles. The summed E-state index contributed by atoms with van der Waals surface area (Å²) in [5.41, 5.74) is -2.59. The monoisotopic (exact) mass is 234 g/mol. The highest BCUT2D eigenvalue weighted by atomic mass is 32.2. The van der Waals surface area contributed by atoms with Crippen LogP contribution in [0.4, 0.5) is 4.39 Å². The lowest BCUT2D eigenvalue weighted by molar-refractivity contribution is 0.374. The van der Waals surface area contributed by atoms with Crippen molar-refractivity contribution >= 4 is 20.2 Å². The molecule has 1 atom stereocenters. The minimum Gasteiger partial charge on any atom is -0.283 e. The third kappa shape index (κ3) is 6.63. The normalized spacial score (nSPS) is 16.2. The molecular weight excluding hydrogens is 227 g/mol. The van der Waals surface area contributed by atoms with Crippen LogP contribution in [0.1, 0.15) is 6.42 Å². The molecule has 0 aliphatic carbocycles. The molecule has 0 bridgehead atoms. The van der Waals surface area contributed by atoms with Gasteiger partial charge in [0.2, 0.25) is 5.50 Å². The van der Waals surface area contributed by atoms with Crippen LogP contribution in [0.3, 0.4) is 0 Å². The smallest absolute Gasteiger partial charge is 0.283 e. The van der Waals surface area contributed by atoms with E-state index in [1.807, 2.05) is 0 Å². The molecule has 6 nitrogen and oxygen atoms in total. The van der Waals surface area contributed by atoms with Crippen molar-refractivity contribution in [3.05, 3.63) is 11.5 Å². The summed E-state index contributed by atoms with van der Waals surface area (Å²) >= 11 is 0. The van der Waals surface area contributed by atoms with E-state index in [0.717, 1.165) is 0 Å². The Hall–Kier alpha value is -0.510. The van der Waals surface area contributed by atoms with Crippen LogP contribution in [0.2, 0.25) is 0 Å². The molecular formula is C4H7FO6S2. The summed E-state index contributed by atoms with van der Waals surface area (Å²) in [6.07, 6.45) is -0.271. The van der Waals surface area contributed by atoms with Crippen LogP contribution in [0.5, 0.6) is 0 Å². The van der Waals surface area contributed by atoms with Crippen LogP contribution in [-0.2, 0) is 20.2 Å². The maximum Gasteiger partial charge on any atom is 0.297 e. The first kappa shape index (κ1) is 12.5. The van der Waals surface area contributed by atoms with Crippen molar-refractivity contribution < 1.29 is 30.3 Å². The van der Waals surface area contributed by atoms with Crippen LogP contribution >= 0.6 is 0 Å². The third-order valence-corrected chi connectivity index (χ3v) is 2.29. The molecule has 0 saturated carbocycles. The topological polar surface area (TPSA) is 109 Å². The zero-order valence-corrected chi connectivity index (χ0v) is 7.79. The highest BCUT2D eigenvalue weighted by Gasteiger charge is 2.19. The van der Waals surface area contributed by atoms with Gasteiger partial charge in [-0.05, 0) is 0 Å². The van der Waals surface area contributed by atoms with E-state index in [1.165, 1.54) is 0 Å². The van der Waals surface area contributed by atoms with Gasteiger partial charge in [0, 0.05) is 6.42 Å². The molecule has 0 saturated heterocycles. The van der Waals surface area contributed by atoms with E-state index >= 15 is 0 Å². The van der Waals surface area contributed by atoms with E-state index < -0.39 is 32.2 Å². The Labute approximate surface area is 74.6 Å². The molecule has 0 aromatic rings. The van der Waals surface area contributed by atoms with Crippen molar-refractivity contribution in [2.75, 3.05) is 0 Å². The lowest BCUT2D eigenvalue weighted by Crippen LogP contribution is -2.13. The van der Waals surface area contributed by atoms with Gasteiger partial charge in [0.05, 0.1) is 5.41 Å². The van der Waals surface area contributed by atoms with Crippen LogP contribution in [0.15, 0.2) is 11.5 Å². The standard InChI is InChI=1S/C4H7FO6S2/c5-4(13(9,10)11)2-1-3-12(6,7)8/h1,3-4H,2H2,(H,6,7,8)(H,9,10,11). The Bertz CT molecular complexity index is 379. The second kappa shape index (κ2) is 4.13. The van der Waals surface area contributed by atoms with Gasteiger partial charge in [-0.25, -0.2) is 4.39 Å². The van der Waals surface area contributed by atoms with Gasteiger partial charge in [-0.15, -0.1) is 0 Å². The highest BCUT2D eigenvalue weighted by Crippen LogP contribution is 2.06. The lowest BCUT2D eigenvalue weighted by Gasteiger charge is -1.98. The van der Waals surface area contributed by atoms with Gasteiger partial charge in [0.1, 0.15) is 0 Å². The number of allylic oxidation sites excluding steroid dienone is 1. The Balaban J connectivity index is 4.30. The molecule has 0 aliphatic rings. The van der Waals surface area contributed by atoms with Crippen LogP contribution in [0, 0.1) is 0 Å². The fourth-order valence-corrected chi connectivity index (χ4v) is 1.11. The van der Waals surface area contributed by atoms with Crippen molar-refractivity contribution in [2.24, 2.45) is 0 Å². The number of hydrogen-bond acceptors (Lipinski definition) is 4. The van der Waals surface area contributed by atoms with Crippen molar-refractivity contribution in [3.8, 4) is 0 Å². The number of halogens is 1. The molecule has 0 spiro atoms. The molecule has 2 N–H and O–H groups in total. The van der Waals surface area contributed by atoms with Gasteiger partial charge < -0.3 is 0 Å². The summed E-state index contributed by atoms with van der Waals surface area (Å²) in [6, 6.07) is 0. The molecule has 13 heavy (non-hydrogen) atoms. The molecule has 1 unspecified atom stereocenters. The Kier molecular flexibility index (Phi) is 3.97. The molecule has 9 heteroatoms. The summed E-state index contributed by atoms with van der Waals surface area (Å²) < 4.78 is 68.5. The lowest BCUT2D eigenvalue weighted by atomic mass is 10.5. The maximum absolute atomic E-state index is 12.3. The number of hydrogen-bond donors (Lipinski definition) is 2. The molecule has 0 amide bonds. The SMILES string of the molecule is O=S(=O)(O)C=CCC(F)S(=O)(=O)O. The molecule has 0 aromatic heterocycles. The molecule has 0 heterocycles. The van der Waals surface area contributed by atoms with E-state index in [2.05, 4.69) is 0 Å². The number of alkyl halides is 1. The Morgan fingerprint density at radius 1 is 1.23 bits per heavy atom. The van der Waals surface area contributed by atoms with E-state index in [9.17, 15) is 21.2 Å². The maximum atomic E-state index is 12.3. The molecule has 0 fully saturated rings. The average Bonchev–Trinajstić information content (AvgIpc) is 1.82. The molecule has 0 radical (unpaired) electrons. The van der Waals surface area contributed by atoms with Gasteiger partial charge >= 0.3 is 0 Å². The largest absolute Gasteiger partial charge is 0.297 e. The van der Waals surface area contributed by atoms with Crippen LogP contribution in [0.25, 0.3) is 0 Å². The Morgan fingerprint density at radius 2 is 1.69 bits per heavy atom. The summed E-state index contributed by atoms with van der Waals surface area (Å²) in [7, 11) is -9.20. The summed E-state index contributed by atoms with van der Waals surface area (Å²) in [5, 5.41) is 0.227. The fraction of sp³-hybridized carbons (Fsp3) is 0.500. The average molecular weight is 234 g/mol. The zero-order valence-electron chi connectivity index (χ0n) is 6.16. The van der Waals surface area contributed by atoms with E-state index in [1.54, 1.807) is 0 Å². The predicted octanol–water partition coefficient (Wildman–Crippen LogP) is -0.0386. The van der Waals surface area contributed by atoms with Gasteiger partial charge in [0.15, 0.2) is 0 Å². The summed E-state index contributed by atoms with van der Waals surface area (Å²) in [6.45, 7) is 0. The van der Waals surface area contributed by atoms with Crippen molar-refractivity contribution in [2.45, 2.75) is 11.9 Å². The third-order valence-electron chi connectivity index (χ3n) is 0.913. The molecule has 0 aromatic carbocycles. The summed E-state index contributed by atoms with van der Waals surface area (Å²) in [4.78, 5) is 0. The number of rotatable bonds is 4. The minimum absolute atomic E-state index is 0.227. The second-order valence-corrected chi connectivity index (χ2v) is 4.89. The van der Waals surface area contributed by atoms with E-state index in [0.29, 0.717) is 6.08 Å². The van der Waals surface area contributed by atoms with E-state index in [-0.39, 0.29) is 5.41 Å². The van der Waals surface area contributed by atoms with Gasteiger partial charge in [0.25, 0.3) is 20.2 Å². The first-order valence-corrected chi connectivity index (χ1v) is 5.88. The fourth-order valence-electron chi connectivity index (χ4n) is 0.406. The first-order valence-electron chi connectivity index (χ1n) is 2.87. The predicted molar refractivity (Wildman–Crippen MR) is 41.8 cm³/mol. The van der Waals surface area contributed by atoms with Crippen LogP contribution in [-0.4, -0.2) is 31.4 Å².